The number of anilines is 1. The highest BCUT2D eigenvalue weighted by Gasteiger charge is 2.24. The molecular formula is C24H28N4O5S2. The summed E-state index contributed by atoms with van der Waals surface area (Å²) in [6.07, 6.45) is 1.63. The number of allylic oxidation sites excluding steroid dienone is 1. The summed E-state index contributed by atoms with van der Waals surface area (Å²) in [4.78, 5) is 13.1. The fraction of sp³-hybridized carbons (Fsp3) is 0.292. The van der Waals surface area contributed by atoms with Gasteiger partial charge in [0.05, 0.1) is 30.1 Å². The maximum absolute atomic E-state index is 12.9. The van der Waals surface area contributed by atoms with E-state index in [4.69, 9.17) is 9.47 Å². The number of hydrogen-bond donors (Lipinski definition) is 1. The number of hydrogen-bond acceptors (Lipinski definition) is 8. The van der Waals surface area contributed by atoms with Gasteiger partial charge in [-0.2, -0.15) is 0 Å². The van der Waals surface area contributed by atoms with E-state index in [2.05, 4.69) is 22.1 Å². The summed E-state index contributed by atoms with van der Waals surface area (Å²) in [6, 6.07) is 11.8. The Morgan fingerprint density at radius 2 is 1.89 bits per heavy atom. The van der Waals surface area contributed by atoms with Crippen molar-refractivity contribution in [1.82, 2.24) is 14.8 Å². The van der Waals surface area contributed by atoms with Crippen LogP contribution in [0.3, 0.4) is 0 Å². The van der Waals surface area contributed by atoms with Crippen LogP contribution in [0.4, 0.5) is 5.69 Å². The van der Waals surface area contributed by atoms with Crippen molar-refractivity contribution < 1.29 is 22.7 Å². The normalized spacial score (nSPS) is 12.1. The van der Waals surface area contributed by atoms with Crippen LogP contribution >= 0.6 is 11.8 Å². The van der Waals surface area contributed by atoms with Crippen LogP contribution in [0.15, 0.2) is 65.2 Å². The summed E-state index contributed by atoms with van der Waals surface area (Å²) in [5.74, 6) is 0.735. The predicted molar refractivity (Wildman–Crippen MR) is 136 cm³/mol. The average molecular weight is 517 g/mol. The number of methoxy groups -OCH3 is 2. The molecule has 0 saturated heterocycles. The Morgan fingerprint density at radius 1 is 1.17 bits per heavy atom. The van der Waals surface area contributed by atoms with Gasteiger partial charge in [-0.3, -0.25) is 4.79 Å². The molecule has 3 rings (SSSR count). The van der Waals surface area contributed by atoms with Crippen molar-refractivity contribution in [2.24, 2.45) is 0 Å². The van der Waals surface area contributed by atoms with Gasteiger partial charge in [-0.1, -0.05) is 35.5 Å². The number of sulfone groups is 1. The maximum Gasteiger partial charge on any atom is 0.237 e. The predicted octanol–water partition coefficient (Wildman–Crippen LogP) is 3.88. The van der Waals surface area contributed by atoms with Crippen LogP contribution in [0.5, 0.6) is 11.5 Å². The van der Waals surface area contributed by atoms with Crippen LogP contribution in [-0.4, -0.2) is 48.6 Å². The molecule has 0 aliphatic rings. The van der Waals surface area contributed by atoms with Crippen LogP contribution in [0.2, 0.25) is 0 Å². The summed E-state index contributed by atoms with van der Waals surface area (Å²) >= 11 is 1.17. The third kappa shape index (κ3) is 6.43. The standard InChI is InChI=1S/C24H28N4O5S2/c1-6-13-28-22(15-35(30,31)19-10-7-16(2)8-11-19)26-27-24(28)34-17(3)23(29)25-20-14-18(32-4)9-12-21(20)33-5/h6-12,14,17H,1,13,15H2,2-5H3,(H,25,29). The van der Waals surface area contributed by atoms with E-state index in [-0.39, 0.29) is 22.4 Å². The fourth-order valence-corrected chi connectivity index (χ4v) is 5.33. The van der Waals surface area contributed by atoms with E-state index >= 15 is 0 Å². The van der Waals surface area contributed by atoms with Crippen molar-refractivity contribution in [2.75, 3.05) is 19.5 Å². The molecule has 35 heavy (non-hydrogen) atoms. The second-order valence-electron chi connectivity index (χ2n) is 7.69. The number of amides is 1. The first-order chi connectivity index (χ1) is 16.7. The minimum absolute atomic E-state index is 0.213. The largest absolute Gasteiger partial charge is 0.497 e. The van der Waals surface area contributed by atoms with E-state index in [1.165, 1.54) is 26.0 Å². The second-order valence-corrected chi connectivity index (χ2v) is 11.0. The Morgan fingerprint density at radius 3 is 2.51 bits per heavy atom. The lowest BCUT2D eigenvalue weighted by molar-refractivity contribution is -0.115. The number of benzene rings is 2. The second kappa shape index (κ2) is 11.4. The summed E-state index contributed by atoms with van der Waals surface area (Å²) in [5, 5.41) is 10.9. The zero-order valence-corrected chi connectivity index (χ0v) is 21.6. The van der Waals surface area contributed by atoms with Gasteiger partial charge in [0.25, 0.3) is 0 Å². The molecule has 0 bridgehead atoms. The van der Waals surface area contributed by atoms with Crippen molar-refractivity contribution in [2.45, 2.75) is 41.4 Å². The monoisotopic (exact) mass is 516 g/mol. The quantitative estimate of drug-likeness (QED) is 0.302. The first-order valence-electron chi connectivity index (χ1n) is 10.7. The van der Waals surface area contributed by atoms with Crippen molar-refractivity contribution in [3.63, 3.8) is 0 Å². The van der Waals surface area contributed by atoms with Gasteiger partial charge in [-0.15, -0.1) is 16.8 Å². The average Bonchev–Trinajstić information content (AvgIpc) is 3.19. The zero-order chi connectivity index (χ0) is 25.6. The van der Waals surface area contributed by atoms with Gasteiger partial charge >= 0.3 is 0 Å². The zero-order valence-electron chi connectivity index (χ0n) is 20.0. The topological polar surface area (TPSA) is 112 Å². The molecule has 0 saturated carbocycles. The Balaban J connectivity index is 1.78. The molecule has 11 heteroatoms. The van der Waals surface area contributed by atoms with Gasteiger partial charge in [0.1, 0.15) is 23.1 Å². The number of rotatable bonds is 11. The van der Waals surface area contributed by atoms with E-state index in [1.54, 1.807) is 60.0 Å². The minimum Gasteiger partial charge on any atom is -0.497 e. The van der Waals surface area contributed by atoms with Crippen molar-refractivity contribution >= 4 is 33.2 Å². The summed E-state index contributed by atoms with van der Waals surface area (Å²) in [6.45, 7) is 7.66. The molecule has 186 valence electrons. The SMILES string of the molecule is C=CCn1c(CS(=O)(=O)c2ccc(C)cc2)nnc1SC(C)C(=O)Nc1cc(OC)ccc1OC. The molecular weight excluding hydrogens is 488 g/mol. The lowest BCUT2D eigenvalue weighted by Gasteiger charge is -2.15. The van der Waals surface area contributed by atoms with E-state index in [9.17, 15) is 13.2 Å². The lowest BCUT2D eigenvalue weighted by atomic mass is 10.2. The van der Waals surface area contributed by atoms with Crippen molar-refractivity contribution in [3.05, 3.63) is 66.5 Å². The van der Waals surface area contributed by atoms with Gasteiger partial charge in [0, 0.05) is 12.6 Å². The first kappa shape index (κ1) is 26.3. The number of carbonyl (C=O) groups excluding carboxylic acids is 1. The van der Waals surface area contributed by atoms with Gasteiger partial charge in [0.2, 0.25) is 5.91 Å². The molecule has 3 aromatic rings. The van der Waals surface area contributed by atoms with E-state index < -0.39 is 15.1 Å². The third-order valence-electron chi connectivity index (χ3n) is 5.12. The molecule has 1 aromatic heterocycles. The minimum atomic E-state index is -3.63. The Kier molecular flexibility index (Phi) is 8.57. The number of ether oxygens (including phenoxy) is 2. The molecule has 0 spiro atoms. The van der Waals surface area contributed by atoms with Crippen LogP contribution < -0.4 is 14.8 Å². The molecule has 2 aromatic carbocycles. The molecule has 1 heterocycles. The molecule has 0 radical (unpaired) electrons. The maximum atomic E-state index is 12.9. The molecule has 0 aliphatic carbocycles. The van der Waals surface area contributed by atoms with E-state index in [0.29, 0.717) is 28.9 Å². The van der Waals surface area contributed by atoms with Crippen LogP contribution in [0.1, 0.15) is 18.3 Å². The van der Waals surface area contributed by atoms with Crippen molar-refractivity contribution in [1.29, 1.82) is 0 Å². The summed E-state index contributed by atoms with van der Waals surface area (Å²) < 4.78 is 38.0. The van der Waals surface area contributed by atoms with Gasteiger partial charge in [-0.25, -0.2) is 8.42 Å². The summed E-state index contributed by atoms with van der Waals surface area (Å²) in [7, 11) is -0.579. The molecule has 9 nitrogen and oxygen atoms in total. The Labute approximate surface area is 209 Å². The van der Waals surface area contributed by atoms with Gasteiger partial charge in [-0.05, 0) is 38.1 Å². The molecule has 1 unspecified atom stereocenters. The Bertz CT molecular complexity index is 1300. The number of carbonyl (C=O) groups is 1. The lowest BCUT2D eigenvalue weighted by Crippen LogP contribution is -2.23. The fourth-order valence-electron chi connectivity index (χ4n) is 3.18. The highest BCUT2D eigenvalue weighted by Crippen LogP contribution is 2.31. The molecule has 1 amide bonds. The van der Waals surface area contributed by atoms with Gasteiger partial charge < -0.3 is 19.4 Å². The Hall–Kier alpha value is -3.31. The highest BCUT2D eigenvalue weighted by molar-refractivity contribution is 8.00. The van der Waals surface area contributed by atoms with Crippen LogP contribution in [0, 0.1) is 6.92 Å². The number of aryl methyl sites for hydroxylation is 1. The highest BCUT2D eigenvalue weighted by atomic mass is 32.2. The molecule has 1 atom stereocenters. The smallest absolute Gasteiger partial charge is 0.237 e. The first-order valence-corrected chi connectivity index (χ1v) is 13.2. The van der Waals surface area contributed by atoms with Crippen LogP contribution in [-0.2, 0) is 26.9 Å². The molecule has 0 fully saturated rings. The van der Waals surface area contributed by atoms with E-state index in [1.807, 2.05) is 6.92 Å². The van der Waals surface area contributed by atoms with Crippen LogP contribution in [0.25, 0.3) is 0 Å². The number of aromatic nitrogens is 3. The third-order valence-corrected chi connectivity index (χ3v) is 7.83. The number of thioether (sulfide) groups is 1. The number of nitrogens with one attached hydrogen (secondary N) is 1. The van der Waals surface area contributed by atoms with E-state index in [0.717, 1.165) is 5.56 Å². The summed E-state index contributed by atoms with van der Waals surface area (Å²) in [5.41, 5.74) is 1.44. The van der Waals surface area contributed by atoms with Gasteiger partial charge in [0.15, 0.2) is 15.0 Å². The number of nitrogens with zero attached hydrogens (tertiary/aromatic N) is 3. The molecule has 1 N–H and O–H groups in total. The van der Waals surface area contributed by atoms with Crippen molar-refractivity contribution in [3.8, 4) is 11.5 Å². The molecule has 0 aliphatic heterocycles.